The number of piperazine rings is 1. The number of anilines is 2. The molecule has 2 amide bonds. The van der Waals surface area contributed by atoms with Crippen LogP contribution in [0.4, 0.5) is 15.8 Å². The summed E-state index contributed by atoms with van der Waals surface area (Å²) in [4.78, 5) is 43.0. The molecule has 0 radical (unpaired) electrons. The van der Waals surface area contributed by atoms with Gasteiger partial charge < -0.3 is 49.4 Å². The lowest BCUT2D eigenvalue weighted by molar-refractivity contribution is -0.121. The standard InChI is InChI=1S/C55H73FN8O7/c1-41-37-63(39-52(65)64-40-55(2,3)53-51(64)31-43(33-60-53)30-42-10-13-47(56)14-11-42)49(35-59-41)38-62(4)19-21-68-23-25-70-27-29-71-28-26-69-24-22-67-20-18-58-36-50(44-8-6-5-7-9-44)54(66)61-48-15-12-46-34-57-17-16-45(46)32-48/h5-17,31-34,41,49-50,58-59H,18-30,35-40H2,1-4H3,(H,61,66)/t41-,49-,50-/m1/s1. The maximum Gasteiger partial charge on any atom is 0.241 e. The van der Waals surface area contributed by atoms with E-state index >= 15 is 0 Å². The van der Waals surface area contributed by atoms with Gasteiger partial charge in [0.15, 0.2) is 0 Å². The molecule has 5 aromatic rings. The van der Waals surface area contributed by atoms with Gasteiger partial charge in [0.1, 0.15) is 5.82 Å². The molecule has 1 fully saturated rings. The van der Waals surface area contributed by atoms with Crippen LogP contribution in [0.3, 0.4) is 0 Å². The highest BCUT2D eigenvalue weighted by Gasteiger charge is 2.41. The monoisotopic (exact) mass is 977 g/mol. The average Bonchev–Trinajstić information content (AvgIpc) is 3.64. The highest BCUT2D eigenvalue weighted by atomic mass is 19.1. The van der Waals surface area contributed by atoms with E-state index in [0.29, 0.717) is 98.7 Å². The Morgan fingerprint density at radius 3 is 2.24 bits per heavy atom. The first-order valence-electron chi connectivity index (χ1n) is 25.0. The Balaban J connectivity index is 0.689. The van der Waals surface area contributed by atoms with Gasteiger partial charge in [-0.05, 0) is 78.9 Å². The SMILES string of the molecule is C[C@@H]1CN(CC(=O)N2CC(C)(C)c3ncc(Cc4ccc(F)cc4)cc32)[C@@H](CN(C)CCOCCOCCOCCOCCOCCNC[C@@H](C(=O)Nc2ccc3cnccc3c2)c2ccccc2)CN1. The summed E-state index contributed by atoms with van der Waals surface area (Å²) < 4.78 is 42.2. The fraction of sp³-hybridized carbons (Fsp3) is 0.491. The Morgan fingerprint density at radius 1 is 0.831 bits per heavy atom. The van der Waals surface area contributed by atoms with E-state index in [1.807, 2.05) is 71.9 Å². The van der Waals surface area contributed by atoms with E-state index < -0.39 is 0 Å². The van der Waals surface area contributed by atoms with Crippen LogP contribution in [-0.4, -0.2) is 169 Å². The Kier molecular flexibility index (Phi) is 20.8. The number of aromatic nitrogens is 2. The molecule has 0 spiro atoms. The number of pyridine rings is 2. The molecule has 2 aliphatic rings. The molecule has 1 saturated heterocycles. The van der Waals surface area contributed by atoms with Crippen molar-refractivity contribution in [3.05, 3.63) is 132 Å². The third-order valence-corrected chi connectivity index (χ3v) is 12.9. The van der Waals surface area contributed by atoms with Crippen LogP contribution in [0, 0.1) is 5.82 Å². The number of hydrogen-bond donors (Lipinski definition) is 3. The zero-order valence-corrected chi connectivity index (χ0v) is 42.0. The van der Waals surface area contributed by atoms with Gasteiger partial charge in [0.2, 0.25) is 11.8 Å². The molecular weight excluding hydrogens is 904 g/mol. The predicted octanol–water partition coefficient (Wildman–Crippen LogP) is 5.67. The van der Waals surface area contributed by atoms with Crippen molar-refractivity contribution in [3.8, 4) is 0 Å². The second kappa shape index (κ2) is 27.5. The Bertz CT molecular complexity index is 2410. The normalized spacial score (nSPS) is 17.2. The van der Waals surface area contributed by atoms with Gasteiger partial charge in [-0.2, -0.15) is 0 Å². The van der Waals surface area contributed by atoms with Gasteiger partial charge in [-0.1, -0.05) is 62.4 Å². The number of benzene rings is 3. The summed E-state index contributed by atoms with van der Waals surface area (Å²) in [7, 11) is 2.10. The molecule has 0 aliphatic carbocycles. The van der Waals surface area contributed by atoms with Crippen molar-refractivity contribution in [3.63, 3.8) is 0 Å². The number of fused-ring (bicyclic) bond motifs is 2. The lowest BCUT2D eigenvalue weighted by Crippen LogP contribution is -2.60. The largest absolute Gasteiger partial charge is 0.378 e. The molecule has 0 unspecified atom stereocenters. The van der Waals surface area contributed by atoms with Crippen molar-refractivity contribution in [2.24, 2.45) is 0 Å². The highest BCUT2D eigenvalue weighted by molar-refractivity contribution is 5.98. The molecular formula is C55H73FN8O7. The molecule has 16 heteroatoms. The maximum atomic E-state index is 14.1. The summed E-state index contributed by atoms with van der Waals surface area (Å²) in [6.07, 6.45) is 6.06. The van der Waals surface area contributed by atoms with Gasteiger partial charge in [-0.25, -0.2) is 4.39 Å². The van der Waals surface area contributed by atoms with Gasteiger partial charge in [0.05, 0.1) is 89.9 Å². The quantitative estimate of drug-likeness (QED) is 0.0506. The number of likely N-dealkylation sites (N-methyl/N-ethyl adjacent to an activating group) is 1. The molecule has 0 saturated carbocycles. The summed E-state index contributed by atoms with van der Waals surface area (Å²) in [5, 5.41) is 12.1. The zero-order valence-electron chi connectivity index (χ0n) is 42.0. The van der Waals surface area contributed by atoms with Crippen molar-refractivity contribution in [2.75, 3.05) is 136 Å². The molecule has 2 aromatic heterocycles. The van der Waals surface area contributed by atoms with E-state index in [9.17, 15) is 14.0 Å². The number of nitrogens with one attached hydrogen (secondary N) is 3. The Hall–Kier alpha value is -5.27. The fourth-order valence-corrected chi connectivity index (χ4v) is 9.08. The lowest BCUT2D eigenvalue weighted by atomic mass is 9.91. The summed E-state index contributed by atoms with van der Waals surface area (Å²) in [6.45, 7) is 16.4. The smallest absolute Gasteiger partial charge is 0.241 e. The molecule has 3 aromatic carbocycles. The minimum absolute atomic E-state index is 0.0747. The molecule has 71 heavy (non-hydrogen) atoms. The van der Waals surface area contributed by atoms with E-state index in [2.05, 4.69) is 64.6 Å². The van der Waals surface area contributed by atoms with Crippen LogP contribution in [0.15, 0.2) is 104 Å². The third-order valence-electron chi connectivity index (χ3n) is 12.9. The number of carbonyl (C=O) groups excluding carboxylic acids is 2. The van der Waals surface area contributed by atoms with Crippen LogP contribution in [0.1, 0.15) is 49.1 Å². The minimum Gasteiger partial charge on any atom is -0.378 e. The number of hydrogen-bond acceptors (Lipinski definition) is 13. The maximum absolute atomic E-state index is 14.1. The van der Waals surface area contributed by atoms with Crippen molar-refractivity contribution in [1.82, 2.24) is 30.4 Å². The van der Waals surface area contributed by atoms with Crippen molar-refractivity contribution >= 4 is 34.0 Å². The topological polar surface area (TPSA) is 152 Å². The number of rotatable bonds is 29. The first-order chi connectivity index (χ1) is 34.5. The number of amides is 2. The van der Waals surface area contributed by atoms with Crippen LogP contribution >= 0.6 is 0 Å². The Morgan fingerprint density at radius 2 is 1.52 bits per heavy atom. The first-order valence-corrected chi connectivity index (χ1v) is 25.0. The van der Waals surface area contributed by atoms with Gasteiger partial charge in [-0.15, -0.1) is 0 Å². The second-order valence-electron chi connectivity index (χ2n) is 19.2. The number of ether oxygens (including phenoxy) is 5. The van der Waals surface area contributed by atoms with E-state index in [1.165, 1.54) is 12.1 Å². The van der Waals surface area contributed by atoms with Crippen molar-refractivity contribution < 1.29 is 37.7 Å². The van der Waals surface area contributed by atoms with Crippen LogP contribution < -0.4 is 20.9 Å². The van der Waals surface area contributed by atoms with Gasteiger partial charge >= 0.3 is 0 Å². The lowest BCUT2D eigenvalue weighted by Gasteiger charge is -2.41. The second-order valence-corrected chi connectivity index (χ2v) is 19.2. The van der Waals surface area contributed by atoms with E-state index in [-0.39, 0.29) is 41.0 Å². The molecule has 382 valence electrons. The fourth-order valence-electron chi connectivity index (χ4n) is 9.08. The molecule has 2 aliphatic heterocycles. The van der Waals surface area contributed by atoms with Crippen LogP contribution in [0.5, 0.6) is 0 Å². The number of nitrogens with zero attached hydrogens (tertiary/aromatic N) is 5. The van der Waals surface area contributed by atoms with Crippen molar-refractivity contribution in [2.45, 2.75) is 50.6 Å². The summed E-state index contributed by atoms with van der Waals surface area (Å²) in [5.74, 6) is -0.619. The van der Waals surface area contributed by atoms with Gasteiger partial charge in [0, 0.05) is 93.0 Å². The minimum atomic E-state index is -0.366. The number of carbonyl (C=O) groups is 2. The average molecular weight is 977 g/mol. The molecule has 7 rings (SSSR count). The summed E-state index contributed by atoms with van der Waals surface area (Å²) >= 11 is 0. The zero-order chi connectivity index (χ0) is 49.8. The molecule has 15 nitrogen and oxygen atoms in total. The van der Waals surface area contributed by atoms with E-state index in [1.54, 1.807) is 18.3 Å². The number of halogens is 1. The van der Waals surface area contributed by atoms with Crippen LogP contribution in [0.25, 0.3) is 10.8 Å². The van der Waals surface area contributed by atoms with Crippen LogP contribution in [-0.2, 0) is 45.1 Å². The summed E-state index contributed by atoms with van der Waals surface area (Å²) in [6, 6.07) is 26.6. The molecule has 0 bridgehead atoms. The van der Waals surface area contributed by atoms with E-state index in [0.717, 1.165) is 70.7 Å². The van der Waals surface area contributed by atoms with E-state index in [4.69, 9.17) is 28.7 Å². The Labute approximate surface area is 418 Å². The predicted molar refractivity (Wildman–Crippen MR) is 276 cm³/mol. The van der Waals surface area contributed by atoms with Crippen molar-refractivity contribution in [1.29, 1.82) is 0 Å². The van der Waals surface area contributed by atoms with Gasteiger partial charge in [0.25, 0.3) is 0 Å². The van der Waals surface area contributed by atoms with Crippen LogP contribution in [0.2, 0.25) is 0 Å². The highest BCUT2D eigenvalue weighted by Crippen LogP contribution is 2.40. The molecule has 3 N–H and O–H groups in total. The summed E-state index contributed by atoms with van der Waals surface area (Å²) in [5.41, 5.74) is 5.24. The first kappa shape index (κ1) is 53.5. The molecule has 3 atom stereocenters. The van der Waals surface area contributed by atoms with Gasteiger partial charge in [-0.3, -0.25) is 24.5 Å². The molecule has 4 heterocycles. The third kappa shape index (κ3) is 16.6.